The smallest absolute Gasteiger partial charge is 0.307 e. The molecule has 0 saturated heterocycles. The zero-order chi connectivity index (χ0) is 12.7. The number of hydrogen-bond acceptors (Lipinski definition) is 2. The van der Waals surface area contributed by atoms with E-state index in [1.807, 2.05) is 0 Å². The molecule has 1 fully saturated rings. The predicted octanol–water partition coefficient (Wildman–Crippen LogP) is 2.30. The molecule has 0 amide bonds. The van der Waals surface area contributed by atoms with Gasteiger partial charge >= 0.3 is 5.97 Å². The fourth-order valence-electron chi connectivity index (χ4n) is 2.42. The first-order valence-electron chi connectivity index (χ1n) is 5.57. The Kier molecular flexibility index (Phi) is 3.41. The number of ketones is 1. The number of hydrogen-bond donors (Lipinski definition) is 1. The Bertz CT molecular complexity index is 306. The van der Waals surface area contributed by atoms with E-state index in [-0.39, 0.29) is 12.2 Å². The minimum Gasteiger partial charge on any atom is -0.481 e. The van der Waals surface area contributed by atoms with Crippen LogP contribution < -0.4 is 0 Å². The normalized spacial score (nSPS) is 35.1. The van der Waals surface area contributed by atoms with Gasteiger partial charge in [-0.25, -0.2) is 4.39 Å². The van der Waals surface area contributed by atoms with Crippen LogP contribution in [0.3, 0.4) is 0 Å². The minimum atomic E-state index is -1.18. The molecule has 0 radical (unpaired) electrons. The van der Waals surface area contributed by atoms with Crippen molar-refractivity contribution in [1.29, 1.82) is 0 Å². The summed E-state index contributed by atoms with van der Waals surface area (Å²) >= 11 is 0. The zero-order valence-electron chi connectivity index (χ0n) is 10.2. The van der Waals surface area contributed by atoms with Crippen LogP contribution in [0.25, 0.3) is 0 Å². The van der Waals surface area contributed by atoms with Crippen molar-refractivity contribution in [2.24, 2.45) is 23.2 Å². The van der Waals surface area contributed by atoms with E-state index in [0.717, 1.165) is 0 Å². The van der Waals surface area contributed by atoms with Crippen LogP contribution in [0.15, 0.2) is 0 Å². The molecule has 1 unspecified atom stereocenters. The van der Waals surface area contributed by atoms with Crippen LogP contribution >= 0.6 is 0 Å². The topological polar surface area (TPSA) is 54.4 Å². The summed E-state index contributed by atoms with van der Waals surface area (Å²) in [4.78, 5) is 23.1. The van der Waals surface area contributed by atoms with Crippen molar-refractivity contribution in [3.8, 4) is 0 Å². The maximum atomic E-state index is 13.5. The lowest BCUT2D eigenvalue weighted by Crippen LogP contribution is -2.35. The molecule has 1 rings (SSSR count). The molecule has 92 valence electrons. The average molecular weight is 230 g/mol. The van der Waals surface area contributed by atoms with Gasteiger partial charge in [0.15, 0.2) is 0 Å². The van der Waals surface area contributed by atoms with E-state index in [1.165, 1.54) is 0 Å². The molecule has 0 aliphatic heterocycles. The molecule has 0 aromatic carbocycles. The summed E-state index contributed by atoms with van der Waals surface area (Å²) in [5, 5.41) is 9.07. The molecule has 0 spiro atoms. The number of carboxylic acids is 1. The second-order valence-corrected chi connectivity index (χ2v) is 5.70. The molecule has 1 aliphatic carbocycles. The minimum absolute atomic E-state index is 0.0498. The SMILES string of the molecule is C[C@H]1[C@@H](F)CC(C(=O)C(C)(C)C)[C@@H]1C(=O)O. The molecule has 4 atom stereocenters. The lowest BCUT2D eigenvalue weighted by atomic mass is 9.77. The third-order valence-electron chi connectivity index (χ3n) is 3.41. The van der Waals surface area contributed by atoms with Crippen LogP contribution in [0.1, 0.15) is 34.1 Å². The highest BCUT2D eigenvalue weighted by atomic mass is 19.1. The van der Waals surface area contributed by atoms with Crippen molar-refractivity contribution in [3.63, 3.8) is 0 Å². The number of alkyl halides is 1. The van der Waals surface area contributed by atoms with Gasteiger partial charge in [-0.05, 0) is 6.42 Å². The van der Waals surface area contributed by atoms with Gasteiger partial charge in [0, 0.05) is 17.3 Å². The molecule has 0 bridgehead atoms. The summed E-state index contributed by atoms with van der Waals surface area (Å²) in [7, 11) is 0. The Balaban J connectivity index is 2.96. The van der Waals surface area contributed by atoms with E-state index < -0.39 is 35.3 Å². The highest BCUT2D eigenvalue weighted by Crippen LogP contribution is 2.42. The van der Waals surface area contributed by atoms with Crippen LogP contribution in [0.4, 0.5) is 4.39 Å². The van der Waals surface area contributed by atoms with E-state index in [1.54, 1.807) is 27.7 Å². The summed E-state index contributed by atoms with van der Waals surface area (Å²) in [6, 6.07) is 0. The predicted molar refractivity (Wildman–Crippen MR) is 57.8 cm³/mol. The molecular weight excluding hydrogens is 211 g/mol. The summed E-state index contributed by atoms with van der Waals surface area (Å²) in [5.41, 5.74) is -0.609. The van der Waals surface area contributed by atoms with Crippen LogP contribution in [0.5, 0.6) is 0 Å². The lowest BCUT2D eigenvalue weighted by Gasteiger charge is -2.24. The van der Waals surface area contributed by atoms with Crippen LogP contribution in [0.2, 0.25) is 0 Å². The lowest BCUT2D eigenvalue weighted by molar-refractivity contribution is -0.148. The summed E-state index contributed by atoms with van der Waals surface area (Å²) in [5.74, 6) is -3.33. The largest absolute Gasteiger partial charge is 0.481 e. The van der Waals surface area contributed by atoms with Gasteiger partial charge in [0.05, 0.1) is 5.92 Å². The second-order valence-electron chi connectivity index (χ2n) is 5.70. The third-order valence-corrected chi connectivity index (χ3v) is 3.41. The average Bonchev–Trinajstić information content (AvgIpc) is 2.40. The summed E-state index contributed by atoms with van der Waals surface area (Å²) in [6.07, 6.45) is -1.13. The van der Waals surface area contributed by atoms with Gasteiger partial charge in [0.25, 0.3) is 0 Å². The molecule has 1 N–H and O–H groups in total. The summed E-state index contributed by atoms with van der Waals surface area (Å²) in [6.45, 7) is 6.79. The monoisotopic (exact) mass is 230 g/mol. The number of rotatable bonds is 2. The van der Waals surface area contributed by atoms with Gasteiger partial charge in [-0.1, -0.05) is 27.7 Å². The van der Waals surface area contributed by atoms with Crippen molar-refractivity contribution >= 4 is 11.8 Å². The second kappa shape index (κ2) is 4.15. The fraction of sp³-hybridized carbons (Fsp3) is 0.833. The Hall–Kier alpha value is -0.930. The van der Waals surface area contributed by atoms with Crippen LogP contribution in [-0.2, 0) is 9.59 Å². The standard InChI is InChI=1S/C12H19FO3/c1-6-8(13)5-7(9(6)11(15)16)10(14)12(2,3)4/h6-9H,5H2,1-4H3,(H,15,16)/t6-,7?,8-,9+/m0/s1. The number of aliphatic carboxylic acids is 1. The van der Waals surface area contributed by atoms with Crippen molar-refractivity contribution in [3.05, 3.63) is 0 Å². The van der Waals surface area contributed by atoms with Crippen molar-refractivity contribution in [2.45, 2.75) is 40.3 Å². The molecule has 3 nitrogen and oxygen atoms in total. The molecular formula is C12H19FO3. The van der Waals surface area contributed by atoms with Crippen molar-refractivity contribution in [2.75, 3.05) is 0 Å². The van der Waals surface area contributed by atoms with Crippen LogP contribution in [0, 0.1) is 23.2 Å². The first-order valence-corrected chi connectivity index (χ1v) is 5.57. The van der Waals surface area contributed by atoms with Crippen molar-refractivity contribution in [1.82, 2.24) is 0 Å². The molecule has 1 saturated carbocycles. The van der Waals surface area contributed by atoms with Gasteiger partial charge in [-0.2, -0.15) is 0 Å². The Morgan fingerprint density at radius 1 is 1.31 bits per heavy atom. The number of carboxylic acid groups (broad SMARTS) is 1. The van der Waals surface area contributed by atoms with Crippen molar-refractivity contribution < 1.29 is 19.1 Å². The molecule has 0 aromatic heterocycles. The first-order chi connectivity index (χ1) is 7.16. The highest BCUT2D eigenvalue weighted by Gasteiger charge is 2.50. The molecule has 0 heterocycles. The molecule has 0 aromatic rings. The van der Waals surface area contributed by atoms with E-state index >= 15 is 0 Å². The van der Waals surface area contributed by atoms with Gasteiger partial charge < -0.3 is 5.11 Å². The van der Waals surface area contributed by atoms with Gasteiger partial charge in [-0.3, -0.25) is 9.59 Å². The van der Waals surface area contributed by atoms with E-state index in [9.17, 15) is 14.0 Å². The van der Waals surface area contributed by atoms with Crippen LogP contribution in [-0.4, -0.2) is 23.0 Å². The summed E-state index contributed by atoms with van der Waals surface area (Å²) < 4.78 is 13.5. The van der Waals surface area contributed by atoms with Gasteiger partial charge in [0.2, 0.25) is 0 Å². The zero-order valence-corrected chi connectivity index (χ0v) is 10.2. The Labute approximate surface area is 95.0 Å². The van der Waals surface area contributed by atoms with E-state index in [4.69, 9.17) is 5.11 Å². The first kappa shape index (κ1) is 13.1. The van der Waals surface area contributed by atoms with E-state index in [0.29, 0.717) is 0 Å². The van der Waals surface area contributed by atoms with Gasteiger partial charge in [-0.15, -0.1) is 0 Å². The maximum Gasteiger partial charge on any atom is 0.307 e. The molecule has 1 aliphatic rings. The molecule has 16 heavy (non-hydrogen) atoms. The highest BCUT2D eigenvalue weighted by molar-refractivity contribution is 5.90. The quantitative estimate of drug-likeness (QED) is 0.791. The Morgan fingerprint density at radius 3 is 2.19 bits per heavy atom. The number of carbonyl (C=O) groups excluding carboxylic acids is 1. The van der Waals surface area contributed by atoms with Gasteiger partial charge in [0.1, 0.15) is 12.0 Å². The Morgan fingerprint density at radius 2 is 1.81 bits per heavy atom. The van der Waals surface area contributed by atoms with E-state index in [2.05, 4.69) is 0 Å². The number of Topliss-reactive ketones (excluding diaryl/α,β-unsaturated/α-hetero) is 1. The fourth-order valence-corrected chi connectivity index (χ4v) is 2.42. The number of carbonyl (C=O) groups is 2. The third kappa shape index (κ3) is 2.25. The molecule has 4 heteroatoms. The number of halogens is 1. The maximum absolute atomic E-state index is 13.5.